The van der Waals surface area contributed by atoms with Crippen LogP contribution in [0.4, 0.5) is 9.52 Å². The number of ketones is 1. The molecule has 170 valence electrons. The van der Waals surface area contributed by atoms with Crippen LogP contribution in [0.1, 0.15) is 28.3 Å². The Kier molecular flexibility index (Phi) is 5.42. The number of halogens is 2. The number of amides is 1. The molecule has 1 aliphatic rings. The van der Waals surface area contributed by atoms with E-state index in [0.717, 1.165) is 22.5 Å². The van der Waals surface area contributed by atoms with E-state index in [9.17, 15) is 19.1 Å². The predicted octanol–water partition coefficient (Wildman–Crippen LogP) is 5.73. The number of carbonyl (C=O) groups excluding carboxylic acids is 2. The molecule has 5 rings (SSSR count). The number of Topliss-reactive ketones (excluding diaryl/α,β-unsaturated/α-hetero) is 1. The smallest absolute Gasteiger partial charge is 0.301 e. The Hall–Kier alpha value is -3.62. The van der Waals surface area contributed by atoms with Gasteiger partial charge in [-0.15, -0.1) is 0 Å². The Bertz CT molecular complexity index is 1480. The van der Waals surface area contributed by atoms with Crippen LogP contribution >= 0.6 is 22.9 Å². The molecule has 9 heteroatoms. The maximum absolute atomic E-state index is 14.0. The first-order valence-corrected chi connectivity index (χ1v) is 11.5. The van der Waals surface area contributed by atoms with Gasteiger partial charge < -0.3 is 5.11 Å². The first kappa shape index (κ1) is 22.2. The molecular formula is C25H17ClFN3O3S. The largest absolute Gasteiger partial charge is 0.507 e. The summed E-state index contributed by atoms with van der Waals surface area (Å²) in [6.45, 7) is 3.84. The molecule has 0 bridgehead atoms. The molecule has 0 radical (unpaired) electrons. The number of hydrogen-bond acceptors (Lipinski definition) is 6. The molecule has 1 fully saturated rings. The number of aliphatic hydroxyl groups is 1. The molecule has 6 nitrogen and oxygen atoms in total. The SMILES string of the molecule is Cc1ccc(/C(O)=C2\C(=O)C(=O)N(c3nc4cc(Cl)c(F)cc4s3)C2c2ccncc2)cc1C. The van der Waals surface area contributed by atoms with Gasteiger partial charge in [0.1, 0.15) is 11.6 Å². The number of nitrogens with zero attached hydrogens (tertiary/aromatic N) is 3. The molecule has 2 aromatic carbocycles. The van der Waals surface area contributed by atoms with Crippen LogP contribution in [0.5, 0.6) is 0 Å². The summed E-state index contributed by atoms with van der Waals surface area (Å²) < 4.78 is 14.5. The molecule has 34 heavy (non-hydrogen) atoms. The Balaban J connectivity index is 1.73. The van der Waals surface area contributed by atoms with Gasteiger partial charge in [0, 0.05) is 18.0 Å². The number of benzene rings is 2. The van der Waals surface area contributed by atoms with Gasteiger partial charge in [-0.1, -0.05) is 35.1 Å². The van der Waals surface area contributed by atoms with Crippen molar-refractivity contribution < 1.29 is 19.1 Å². The monoisotopic (exact) mass is 493 g/mol. The van der Waals surface area contributed by atoms with Crippen molar-refractivity contribution in [2.45, 2.75) is 19.9 Å². The normalized spacial score (nSPS) is 17.6. The van der Waals surface area contributed by atoms with Crippen molar-refractivity contribution in [2.75, 3.05) is 4.90 Å². The maximum Gasteiger partial charge on any atom is 0.301 e. The second-order valence-corrected chi connectivity index (χ2v) is 9.40. The van der Waals surface area contributed by atoms with E-state index in [2.05, 4.69) is 9.97 Å². The van der Waals surface area contributed by atoms with Crippen LogP contribution in [0.3, 0.4) is 0 Å². The lowest BCUT2D eigenvalue weighted by molar-refractivity contribution is -0.132. The number of thiazole rings is 1. The third-order valence-corrected chi connectivity index (χ3v) is 7.18. The molecule has 0 aliphatic carbocycles. The van der Waals surface area contributed by atoms with Crippen molar-refractivity contribution in [1.29, 1.82) is 0 Å². The van der Waals surface area contributed by atoms with Gasteiger partial charge in [-0.2, -0.15) is 0 Å². The van der Waals surface area contributed by atoms with E-state index >= 15 is 0 Å². The van der Waals surface area contributed by atoms with Crippen molar-refractivity contribution in [3.8, 4) is 0 Å². The van der Waals surface area contributed by atoms with E-state index in [1.54, 1.807) is 36.7 Å². The summed E-state index contributed by atoms with van der Waals surface area (Å²) in [4.78, 5) is 36.2. The lowest BCUT2D eigenvalue weighted by Crippen LogP contribution is -2.29. The van der Waals surface area contributed by atoms with Crippen LogP contribution < -0.4 is 4.90 Å². The molecule has 1 unspecified atom stereocenters. The zero-order valence-electron chi connectivity index (χ0n) is 18.0. The number of fused-ring (bicyclic) bond motifs is 1. The van der Waals surface area contributed by atoms with Gasteiger partial charge in [0.15, 0.2) is 5.13 Å². The van der Waals surface area contributed by atoms with Crippen LogP contribution in [-0.4, -0.2) is 26.8 Å². The van der Waals surface area contributed by atoms with Gasteiger partial charge in [0.05, 0.1) is 26.9 Å². The molecule has 3 heterocycles. The van der Waals surface area contributed by atoms with Crippen molar-refractivity contribution in [2.24, 2.45) is 0 Å². The van der Waals surface area contributed by atoms with Gasteiger partial charge in [-0.05, 0) is 60.9 Å². The third-order valence-electron chi connectivity index (χ3n) is 5.87. The van der Waals surface area contributed by atoms with Crippen LogP contribution in [0, 0.1) is 19.7 Å². The average Bonchev–Trinajstić information content (AvgIpc) is 3.33. The number of aromatic nitrogens is 2. The fraction of sp³-hybridized carbons (Fsp3) is 0.120. The highest BCUT2D eigenvalue weighted by Crippen LogP contribution is 2.44. The fourth-order valence-electron chi connectivity index (χ4n) is 3.95. The third kappa shape index (κ3) is 3.55. The first-order valence-electron chi connectivity index (χ1n) is 10.3. The number of aliphatic hydroxyl groups excluding tert-OH is 1. The highest BCUT2D eigenvalue weighted by Gasteiger charge is 2.48. The molecule has 4 aromatic rings. The van der Waals surface area contributed by atoms with E-state index < -0.39 is 23.5 Å². The second-order valence-electron chi connectivity index (χ2n) is 7.98. The summed E-state index contributed by atoms with van der Waals surface area (Å²) in [7, 11) is 0. The maximum atomic E-state index is 14.0. The minimum Gasteiger partial charge on any atom is -0.507 e. The van der Waals surface area contributed by atoms with Gasteiger partial charge in [-0.25, -0.2) is 9.37 Å². The van der Waals surface area contributed by atoms with Crippen LogP contribution in [-0.2, 0) is 9.59 Å². The molecule has 1 aliphatic heterocycles. The first-order chi connectivity index (χ1) is 16.3. The molecule has 1 N–H and O–H groups in total. The number of carbonyl (C=O) groups is 2. The number of pyridine rings is 1. The van der Waals surface area contributed by atoms with E-state index in [1.807, 2.05) is 19.9 Å². The number of anilines is 1. The summed E-state index contributed by atoms with van der Waals surface area (Å²) >= 11 is 6.96. The van der Waals surface area contributed by atoms with E-state index in [4.69, 9.17) is 11.6 Å². The molecule has 2 aromatic heterocycles. The van der Waals surface area contributed by atoms with Crippen LogP contribution in [0.15, 0.2) is 60.4 Å². The minimum atomic E-state index is -0.939. The van der Waals surface area contributed by atoms with E-state index in [1.165, 1.54) is 17.0 Å². The lowest BCUT2D eigenvalue weighted by atomic mass is 9.95. The summed E-state index contributed by atoms with van der Waals surface area (Å²) in [5, 5.41) is 11.3. The average molecular weight is 494 g/mol. The number of hydrogen-bond donors (Lipinski definition) is 1. The molecule has 0 spiro atoms. The zero-order valence-corrected chi connectivity index (χ0v) is 19.6. The zero-order chi connectivity index (χ0) is 24.1. The molecule has 0 saturated carbocycles. The minimum absolute atomic E-state index is 0.0528. The molecule has 1 atom stereocenters. The quantitative estimate of drug-likeness (QED) is 0.224. The molecule has 1 amide bonds. The van der Waals surface area contributed by atoms with Crippen molar-refractivity contribution in [3.05, 3.63) is 93.5 Å². The highest BCUT2D eigenvalue weighted by molar-refractivity contribution is 7.22. The Morgan fingerprint density at radius 2 is 1.82 bits per heavy atom. The van der Waals surface area contributed by atoms with Crippen molar-refractivity contribution >= 4 is 55.7 Å². The number of aryl methyl sites for hydroxylation is 2. The Morgan fingerprint density at radius 3 is 2.53 bits per heavy atom. The van der Waals surface area contributed by atoms with Crippen LogP contribution in [0.2, 0.25) is 5.02 Å². The standard InChI is InChI=1S/C25H17ClFN3O3S/c1-12-3-4-15(9-13(12)2)22(31)20-21(14-5-7-28-8-6-14)30(24(33)23(20)32)25-29-18-10-16(26)17(27)11-19(18)34-25/h3-11,21,31H,1-2H3/b22-20+. The Morgan fingerprint density at radius 1 is 1.09 bits per heavy atom. The predicted molar refractivity (Wildman–Crippen MR) is 130 cm³/mol. The fourth-order valence-corrected chi connectivity index (χ4v) is 5.11. The summed E-state index contributed by atoms with van der Waals surface area (Å²) in [5.74, 6) is -2.55. The molecule has 1 saturated heterocycles. The van der Waals surface area contributed by atoms with Gasteiger partial charge in [0.2, 0.25) is 0 Å². The summed E-state index contributed by atoms with van der Waals surface area (Å²) in [5.41, 5.74) is 3.31. The Labute approximate surface area is 203 Å². The van der Waals surface area contributed by atoms with Crippen molar-refractivity contribution in [1.82, 2.24) is 9.97 Å². The van der Waals surface area contributed by atoms with E-state index in [-0.39, 0.29) is 21.5 Å². The summed E-state index contributed by atoms with van der Waals surface area (Å²) in [6, 6.07) is 10.3. The van der Waals surface area contributed by atoms with Gasteiger partial charge >= 0.3 is 5.91 Å². The van der Waals surface area contributed by atoms with Gasteiger partial charge in [-0.3, -0.25) is 19.5 Å². The lowest BCUT2D eigenvalue weighted by Gasteiger charge is -2.22. The van der Waals surface area contributed by atoms with Crippen LogP contribution in [0.25, 0.3) is 16.0 Å². The highest BCUT2D eigenvalue weighted by atomic mass is 35.5. The van der Waals surface area contributed by atoms with E-state index in [0.29, 0.717) is 21.3 Å². The topological polar surface area (TPSA) is 83.4 Å². The summed E-state index contributed by atoms with van der Waals surface area (Å²) in [6.07, 6.45) is 3.08. The van der Waals surface area contributed by atoms with Gasteiger partial charge in [0.25, 0.3) is 5.78 Å². The van der Waals surface area contributed by atoms with Crippen molar-refractivity contribution in [3.63, 3.8) is 0 Å². The molecular weight excluding hydrogens is 477 g/mol. The number of rotatable bonds is 3. The second kappa shape index (κ2) is 8.30.